The van der Waals surface area contributed by atoms with E-state index in [9.17, 15) is 15.1 Å². The largest absolute Gasteiger partial charge is 0.619 e. The van der Waals surface area contributed by atoms with Crippen LogP contribution in [-0.2, 0) is 0 Å². The third kappa shape index (κ3) is 7.23. The predicted molar refractivity (Wildman–Crippen MR) is 148 cm³/mol. The number of aromatic nitrogens is 1. The number of hydrogen-bond donors (Lipinski definition) is 2. The number of carboxylic acids is 1. The lowest BCUT2D eigenvalue weighted by molar-refractivity contribution is -0.605. The van der Waals surface area contributed by atoms with Crippen LogP contribution in [0.5, 0.6) is 11.5 Å². The highest BCUT2D eigenvalue weighted by Crippen LogP contribution is 2.28. The summed E-state index contributed by atoms with van der Waals surface area (Å²) in [6.07, 6.45) is 6.80. The first kappa shape index (κ1) is 26.9. The molecule has 0 aliphatic carbocycles. The van der Waals surface area contributed by atoms with Crippen LogP contribution in [-0.4, -0.2) is 47.3 Å². The summed E-state index contributed by atoms with van der Waals surface area (Å²) in [6, 6.07) is 21.9. The first-order valence-electron chi connectivity index (χ1n) is 13.0. The topological polar surface area (TPSA) is 96.9 Å². The average Bonchev–Trinajstić information content (AvgIpc) is 2.93. The van der Waals surface area contributed by atoms with Crippen LogP contribution in [0.1, 0.15) is 36.5 Å². The van der Waals surface area contributed by atoms with Gasteiger partial charge in [-0.1, -0.05) is 49.4 Å². The Bertz CT molecular complexity index is 1340. The van der Waals surface area contributed by atoms with Gasteiger partial charge in [0.15, 0.2) is 12.4 Å². The van der Waals surface area contributed by atoms with Crippen LogP contribution < -0.4 is 9.47 Å². The summed E-state index contributed by atoms with van der Waals surface area (Å²) in [5, 5.41) is 30.9. The lowest BCUT2D eigenvalue weighted by atomic mass is 10.0. The molecule has 0 radical (unpaired) electrons. The third-order valence-corrected chi connectivity index (χ3v) is 6.75. The molecule has 2 heterocycles. The number of carbonyl (C=O) groups is 1. The lowest BCUT2D eigenvalue weighted by Gasteiger charge is -2.30. The number of likely N-dealkylation sites (tertiary alicyclic amines) is 1. The van der Waals surface area contributed by atoms with Gasteiger partial charge in [-0.05, 0) is 66.4 Å². The summed E-state index contributed by atoms with van der Waals surface area (Å²) in [7, 11) is 0. The van der Waals surface area contributed by atoms with Gasteiger partial charge in [0.2, 0.25) is 0 Å². The smallest absolute Gasteiger partial charge is 0.339 e. The van der Waals surface area contributed by atoms with Crippen molar-refractivity contribution in [1.29, 1.82) is 0 Å². The maximum Gasteiger partial charge on any atom is 0.339 e. The van der Waals surface area contributed by atoms with Crippen molar-refractivity contribution in [2.45, 2.75) is 26.2 Å². The monoisotopic (exact) mass is 514 g/mol. The van der Waals surface area contributed by atoms with E-state index in [-0.39, 0.29) is 11.3 Å². The second-order valence-corrected chi connectivity index (χ2v) is 9.71. The number of fused-ring (bicyclic) bond motifs is 1. The number of ether oxygens (including phenoxy) is 1. The van der Waals surface area contributed by atoms with Crippen molar-refractivity contribution in [2.24, 2.45) is 5.92 Å². The molecule has 2 N–H and O–H groups in total. The van der Waals surface area contributed by atoms with Gasteiger partial charge >= 0.3 is 5.97 Å². The zero-order chi connectivity index (χ0) is 26.9. The maximum absolute atomic E-state index is 11.1. The summed E-state index contributed by atoms with van der Waals surface area (Å²) in [6.45, 7) is 6.69. The molecule has 198 valence electrons. The van der Waals surface area contributed by atoms with E-state index in [1.54, 1.807) is 18.2 Å². The van der Waals surface area contributed by atoms with Crippen molar-refractivity contribution in [3.63, 3.8) is 0 Å². The molecule has 3 aromatic carbocycles. The van der Waals surface area contributed by atoms with Gasteiger partial charge < -0.3 is 25.1 Å². The maximum atomic E-state index is 11.1. The van der Waals surface area contributed by atoms with E-state index in [1.807, 2.05) is 48.5 Å². The summed E-state index contributed by atoms with van der Waals surface area (Å²) in [5.41, 5.74) is 2.06. The molecule has 1 aliphatic rings. The molecule has 7 nitrogen and oxygen atoms in total. The Hall–Kier alpha value is -4.10. The second kappa shape index (κ2) is 12.9. The molecule has 1 fully saturated rings. The van der Waals surface area contributed by atoms with Gasteiger partial charge in [0.1, 0.15) is 17.1 Å². The molecule has 1 saturated heterocycles. The van der Waals surface area contributed by atoms with E-state index >= 15 is 0 Å². The molecule has 38 heavy (non-hydrogen) atoms. The molecular weight excluding hydrogens is 480 g/mol. The Morgan fingerprint density at radius 2 is 1.74 bits per heavy atom. The normalized spacial score (nSPS) is 15.4. The lowest BCUT2D eigenvalue weighted by Crippen LogP contribution is -2.35. The third-order valence-electron chi connectivity index (χ3n) is 6.75. The zero-order valence-electron chi connectivity index (χ0n) is 21.6. The molecule has 0 bridgehead atoms. The Labute approximate surface area is 223 Å². The van der Waals surface area contributed by atoms with Gasteiger partial charge in [-0.3, -0.25) is 0 Å². The molecule has 0 saturated carbocycles. The quantitative estimate of drug-likeness (QED) is 0.186. The van der Waals surface area contributed by atoms with E-state index in [1.165, 1.54) is 44.4 Å². The molecule has 1 atom stereocenters. The second-order valence-electron chi connectivity index (χ2n) is 9.71. The molecule has 0 spiro atoms. The van der Waals surface area contributed by atoms with Crippen LogP contribution in [0.2, 0.25) is 0 Å². The van der Waals surface area contributed by atoms with Crippen LogP contribution in [0.25, 0.3) is 21.9 Å². The molecule has 0 amide bonds. The number of carboxylic acid groups (broad SMARTS) is 1. The zero-order valence-corrected chi connectivity index (χ0v) is 21.6. The van der Waals surface area contributed by atoms with Gasteiger partial charge in [-0.15, -0.1) is 0 Å². The minimum atomic E-state index is -1.12. The Balaban J connectivity index is 0.000000204. The van der Waals surface area contributed by atoms with Gasteiger partial charge in [0, 0.05) is 30.6 Å². The van der Waals surface area contributed by atoms with Crippen molar-refractivity contribution in [2.75, 3.05) is 26.2 Å². The van der Waals surface area contributed by atoms with Crippen molar-refractivity contribution < 1.29 is 24.5 Å². The summed E-state index contributed by atoms with van der Waals surface area (Å²) < 4.78 is 6.65. The van der Waals surface area contributed by atoms with Crippen LogP contribution in [0.3, 0.4) is 0 Å². The number of phenols is 1. The molecular formula is C31H34N2O5. The van der Waals surface area contributed by atoms with Crippen LogP contribution in [0.15, 0.2) is 85.2 Å². The van der Waals surface area contributed by atoms with Gasteiger partial charge in [0.25, 0.3) is 0 Å². The van der Waals surface area contributed by atoms with Crippen LogP contribution in [0.4, 0.5) is 0 Å². The molecule has 1 aromatic heterocycles. The van der Waals surface area contributed by atoms with E-state index < -0.39 is 5.97 Å². The number of pyridine rings is 1. The number of aromatic hydroxyl groups is 1. The predicted octanol–water partition coefficient (Wildman–Crippen LogP) is 5.73. The number of benzene rings is 3. The van der Waals surface area contributed by atoms with E-state index in [0.717, 1.165) is 52.5 Å². The fourth-order valence-electron chi connectivity index (χ4n) is 4.74. The fourth-order valence-corrected chi connectivity index (χ4v) is 4.74. The number of piperidine rings is 1. The minimum absolute atomic E-state index is 0.0660. The Morgan fingerprint density at radius 1 is 1.03 bits per heavy atom. The number of rotatable bonds is 7. The standard InChI is InChI=1S/C20H26N2O2.C11H8O3/c1-17-4-2-11-21(16-17)12-3-15-24-20-7-5-18(6-8-20)19-9-13-22(23)14-10-19;12-10-8-4-2-1-3-7(8)5-6-9(10)11(13)14/h5-10,13-14,17H,2-4,11-12,15-16H2,1H3;1-6,12H,(H,13,14)/t17-;/m0./s1. The van der Waals surface area contributed by atoms with Gasteiger partial charge in [0.05, 0.1) is 6.61 Å². The Kier molecular flexibility index (Phi) is 9.16. The molecule has 1 aliphatic heterocycles. The number of nitrogens with zero attached hydrogens (tertiary/aromatic N) is 2. The van der Waals surface area contributed by atoms with Gasteiger partial charge in [-0.25, -0.2) is 4.79 Å². The average molecular weight is 515 g/mol. The van der Waals surface area contributed by atoms with Crippen molar-refractivity contribution in [1.82, 2.24) is 4.90 Å². The van der Waals surface area contributed by atoms with Crippen LogP contribution in [0, 0.1) is 11.1 Å². The van der Waals surface area contributed by atoms with Crippen LogP contribution >= 0.6 is 0 Å². The highest BCUT2D eigenvalue weighted by Gasteiger charge is 2.15. The van der Waals surface area contributed by atoms with Crippen molar-refractivity contribution >= 4 is 16.7 Å². The fraction of sp³-hybridized carbons (Fsp3) is 0.290. The Morgan fingerprint density at radius 3 is 2.45 bits per heavy atom. The number of aromatic carboxylic acids is 1. The van der Waals surface area contributed by atoms with E-state index in [4.69, 9.17) is 9.84 Å². The molecule has 5 rings (SSSR count). The molecule has 7 heteroatoms. The summed E-state index contributed by atoms with van der Waals surface area (Å²) in [4.78, 5) is 13.3. The van der Waals surface area contributed by atoms with Crippen molar-refractivity contribution in [3.8, 4) is 22.6 Å². The van der Waals surface area contributed by atoms with E-state index in [0.29, 0.717) is 5.39 Å². The highest BCUT2D eigenvalue weighted by atomic mass is 16.5. The SMILES string of the molecule is C[C@H]1CCCN(CCCOc2ccc(-c3cc[n+]([O-])cc3)cc2)C1.O=C(O)c1ccc2ccccc2c1O. The first-order chi connectivity index (χ1) is 18.4. The summed E-state index contributed by atoms with van der Waals surface area (Å²) in [5.74, 6) is 0.450. The highest BCUT2D eigenvalue weighted by molar-refractivity contribution is 6.00. The van der Waals surface area contributed by atoms with Crippen molar-refractivity contribution in [3.05, 3.63) is 96.0 Å². The number of hydrogen-bond acceptors (Lipinski definition) is 5. The van der Waals surface area contributed by atoms with Gasteiger partial charge in [-0.2, -0.15) is 4.73 Å². The molecule has 0 unspecified atom stereocenters. The van der Waals surface area contributed by atoms with E-state index in [2.05, 4.69) is 11.8 Å². The minimum Gasteiger partial charge on any atom is -0.619 e. The summed E-state index contributed by atoms with van der Waals surface area (Å²) >= 11 is 0. The molecule has 4 aromatic rings. The first-order valence-corrected chi connectivity index (χ1v) is 13.0.